The highest BCUT2D eigenvalue weighted by Crippen LogP contribution is 2.27. The molecule has 0 bridgehead atoms. The lowest BCUT2D eigenvalue weighted by molar-refractivity contribution is -0.132. The number of rotatable bonds is 5. The quantitative estimate of drug-likeness (QED) is 0.687. The van der Waals surface area contributed by atoms with Gasteiger partial charge < -0.3 is 9.32 Å². The van der Waals surface area contributed by atoms with Crippen LogP contribution >= 0.6 is 0 Å². The van der Waals surface area contributed by atoms with E-state index in [1.165, 1.54) is 18.5 Å². The largest absolute Gasteiger partial charge is 0.441 e. The third kappa shape index (κ3) is 3.86. The summed E-state index contributed by atoms with van der Waals surface area (Å²) < 4.78 is 34.2. The van der Waals surface area contributed by atoms with Crippen LogP contribution in [0.4, 0.5) is 8.78 Å². The van der Waals surface area contributed by atoms with Gasteiger partial charge in [0.25, 0.3) is 0 Å². The van der Waals surface area contributed by atoms with E-state index < -0.39 is 11.6 Å². The molecule has 9 heteroatoms. The zero-order valence-corrected chi connectivity index (χ0v) is 14.4. The van der Waals surface area contributed by atoms with Gasteiger partial charge in [-0.1, -0.05) is 0 Å². The molecule has 1 aromatic carbocycles. The van der Waals surface area contributed by atoms with Crippen molar-refractivity contribution in [1.29, 1.82) is 0 Å². The number of carbonyl (C=O) groups excluding carboxylic acids is 1. The molecular weight excluding hydrogens is 356 g/mol. The van der Waals surface area contributed by atoms with E-state index in [2.05, 4.69) is 15.1 Å². The highest BCUT2D eigenvalue weighted by atomic mass is 19.1. The van der Waals surface area contributed by atoms with Crippen LogP contribution in [0, 0.1) is 11.6 Å². The molecule has 0 saturated heterocycles. The van der Waals surface area contributed by atoms with E-state index in [0.29, 0.717) is 50.4 Å². The van der Waals surface area contributed by atoms with Crippen molar-refractivity contribution in [3.05, 3.63) is 53.9 Å². The second-order valence-electron chi connectivity index (χ2n) is 6.37. The predicted molar refractivity (Wildman–Crippen MR) is 90.2 cm³/mol. The molecule has 3 heterocycles. The monoisotopic (exact) mass is 373 g/mol. The van der Waals surface area contributed by atoms with Crippen LogP contribution in [0.15, 0.2) is 35.3 Å². The lowest BCUT2D eigenvalue weighted by atomic mass is 10.1. The Kier molecular flexibility index (Phi) is 4.66. The maximum absolute atomic E-state index is 13.4. The number of aromatic nitrogens is 4. The summed E-state index contributed by atoms with van der Waals surface area (Å²) in [6.45, 7) is 1.49. The highest BCUT2D eigenvalue weighted by Gasteiger charge is 2.25. The van der Waals surface area contributed by atoms with Gasteiger partial charge in [-0.05, 0) is 18.6 Å². The topological polar surface area (TPSA) is 77.0 Å². The minimum absolute atomic E-state index is 0.0297. The minimum atomic E-state index is -0.689. The first-order valence-electron chi connectivity index (χ1n) is 8.64. The van der Waals surface area contributed by atoms with E-state index in [4.69, 9.17) is 4.42 Å². The summed E-state index contributed by atoms with van der Waals surface area (Å²) in [6, 6.07) is 3.15. The summed E-state index contributed by atoms with van der Waals surface area (Å²) >= 11 is 0. The molecule has 7 nitrogen and oxygen atoms in total. The van der Waals surface area contributed by atoms with Crippen molar-refractivity contribution in [2.24, 2.45) is 0 Å². The fraction of sp³-hybridized carbons (Fsp3) is 0.333. The molecule has 4 rings (SSSR count). The Morgan fingerprint density at radius 1 is 1.22 bits per heavy atom. The van der Waals surface area contributed by atoms with E-state index in [1.807, 2.05) is 0 Å². The third-order valence-corrected chi connectivity index (χ3v) is 4.43. The van der Waals surface area contributed by atoms with Crippen LogP contribution in [0.1, 0.15) is 24.3 Å². The smallest absolute Gasteiger partial charge is 0.226 e. The van der Waals surface area contributed by atoms with E-state index in [9.17, 15) is 13.6 Å². The summed E-state index contributed by atoms with van der Waals surface area (Å²) in [5.74, 6) is -0.530. The van der Waals surface area contributed by atoms with Crippen LogP contribution in [0.2, 0.25) is 0 Å². The van der Waals surface area contributed by atoms with Crippen LogP contribution in [0.3, 0.4) is 0 Å². The van der Waals surface area contributed by atoms with Gasteiger partial charge in [-0.25, -0.2) is 18.7 Å². The van der Waals surface area contributed by atoms with Crippen LogP contribution < -0.4 is 0 Å². The number of halogens is 2. The number of nitrogens with zero attached hydrogens (tertiary/aromatic N) is 5. The van der Waals surface area contributed by atoms with Crippen molar-refractivity contribution >= 4 is 5.91 Å². The number of aryl methyl sites for hydroxylation is 1. The molecule has 0 fully saturated rings. The molecule has 0 radical (unpaired) electrons. The van der Waals surface area contributed by atoms with E-state index in [0.717, 1.165) is 6.07 Å². The van der Waals surface area contributed by atoms with Crippen molar-refractivity contribution in [2.75, 3.05) is 6.54 Å². The third-order valence-electron chi connectivity index (χ3n) is 4.43. The SMILES string of the molecule is O=C(CCCn1cncn1)N1CCc2oc(-c3cc(F)cc(F)c3)nc2C1. The Morgan fingerprint density at radius 2 is 2.04 bits per heavy atom. The molecule has 0 unspecified atom stereocenters. The number of carbonyl (C=O) groups is 1. The Hall–Kier alpha value is -3.10. The van der Waals surface area contributed by atoms with E-state index in [1.54, 1.807) is 15.9 Å². The molecule has 0 aliphatic carbocycles. The van der Waals surface area contributed by atoms with Gasteiger partial charge in [0.15, 0.2) is 0 Å². The molecule has 1 aliphatic heterocycles. The number of oxazole rings is 1. The van der Waals surface area contributed by atoms with Gasteiger partial charge in [-0.3, -0.25) is 9.48 Å². The number of hydrogen-bond donors (Lipinski definition) is 0. The van der Waals surface area contributed by atoms with Gasteiger partial charge in [-0.2, -0.15) is 5.10 Å². The number of benzene rings is 1. The van der Waals surface area contributed by atoms with Crippen molar-refractivity contribution in [1.82, 2.24) is 24.6 Å². The Morgan fingerprint density at radius 3 is 2.78 bits per heavy atom. The Labute approximate surface area is 153 Å². The van der Waals surface area contributed by atoms with Crippen LogP contribution in [-0.4, -0.2) is 37.1 Å². The summed E-state index contributed by atoms with van der Waals surface area (Å²) in [5.41, 5.74) is 0.873. The summed E-state index contributed by atoms with van der Waals surface area (Å²) in [5, 5.41) is 4.00. The van der Waals surface area contributed by atoms with Gasteiger partial charge in [0.05, 0.1) is 6.54 Å². The van der Waals surface area contributed by atoms with E-state index in [-0.39, 0.29) is 17.4 Å². The molecular formula is C18H17F2N5O2. The molecule has 2 aromatic heterocycles. The molecule has 0 spiro atoms. The van der Waals surface area contributed by atoms with Crippen LogP contribution in [-0.2, 0) is 24.3 Å². The molecule has 27 heavy (non-hydrogen) atoms. The molecule has 0 saturated carbocycles. The van der Waals surface area contributed by atoms with Gasteiger partial charge in [0.2, 0.25) is 11.8 Å². The Bertz CT molecular complexity index is 935. The first-order valence-corrected chi connectivity index (χ1v) is 8.64. The van der Waals surface area contributed by atoms with Gasteiger partial charge >= 0.3 is 0 Å². The standard InChI is InChI=1S/C18H17F2N5O2/c19-13-6-12(7-14(20)8-13)18-23-15-9-24(5-3-16(15)27-18)17(26)2-1-4-25-11-21-10-22-25/h6-8,10-11H,1-5,9H2. The fourth-order valence-corrected chi connectivity index (χ4v) is 3.11. The maximum Gasteiger partial charge on any atom is 0.226 e. The molecule has 1 aliphatic rings. The summed E-state index contributed by atoms with van der Waals surface area (Å²) in [4.78, 5) is 22.4. The van der Waals surface area contributed by atoms with E-state index >= 15 is 0 Å². The first kappa shape index (κ1) is 17.3. The second kappa shape index (κ2) is 7.26. The van der Waals surface area contributed by atoms with Crippen molar-refractivity contribution in [3.63, 3.8) is 0 Å². The zero-order valence-electron chi connectivity index (χ0n) is 14.4. The molecule has 3 aromatic rings. The Balaban J connectivity index is 1.40. The zero-order chi connectivity index (χ0) is 18.8. The number of fused-ring (bicyclic) bond motifs is 1. The number of hydrogen-bond acceptors (Lipinski definition) is 5. The lowest BCUT2D eigenvalue weighted by Crippen LogP contribution is -2.35. The van der Waals surface area contributed by atoms with Crippen molar-refractivity contribution in [3.8, 4) is 11.5 Å². The highest BCUT2D eigenvalue weighted by molar-refractivity contribution is 5.76. The van der Waals surface area contributed by atoms with Crippen LogP contribution in [0.25, 0.3) is 11.5 Å². The summed E-state index contributed by atoms with van der Waals surface area (Å²) in [6.07, 6.45) is 4.66. The first-order chi connectivity index (χ1) is 13.1. The average molecular weight is 373 g/mol. The van der Waals surface area contributed by atoms with Crippen molar-refractivity contribution < 1.29 is 18.0 Å². The van der Waals surface area contributed by atoms with Gasteiger partial charge in [0, 0.05) is 37.6 Å². The lowest BCUT2D eigenvalue weighted by Gasteiger charge is -2.25. The number of amides is 1. The fourth-order valence-electron chi connectivity index (χ4n) is 3.11. The minimum Gasteiger partial charge on any atom is -0.441 e. The van der Waals surface area contributed by atoms with Crippen LogP contribution in [0.5, 0.6) is 0 Å². The second-order valence-corrected chi connectivity index (χ2v) is 6.37. The normalized spacial score (nSPS) is 13.6. The molecule has 1 amide bonds. The maximum atomic E-state index is 13.4. The van der Waals surface area contributed by atoms with Crippen molar-refractivity contribution in [2.45, 2.75) is 32.4 Å². The van der Waals surface area contributed by atoms with Gasteiger partial charge in [-0.15, -0.1) is 0 Å². The predicted octanol–water partition coefficient (Wildman–Crippen LogP) is 2.58. The molecule has 0 atom stereocenters. The summed E-state index contributed by atoms with van der Waals surface area (Å²) in [7, 11) is 0. The average Bonchev–Trinajstić information content (AvgIpc) is 3.29. The molecule has 0 N–H and O–H groups in total. The van der Waals surface area contributed by atoms with Gasteiger partial charge in [0.1, 0.15) is 35.7 Å². The molecule has 140 valence electrons.